The summed E-state index contributed by atoms with van der Waals surface area (Å²) in [4.78, 5) is 12.4. The molecule has 3 nitrogen and oxygen atoms in total. The van der Waals surface area contributed by atoms with Crippen molar-refractivity contribution in [3.8, 4) is 0 Å². The Hall–Kier alpha value is -0.710. The number of hydrogen-bond acceptors (Lipinski definition) is 3. The van der Waals surface area contributed by atoms with Crippen LogP contribution in [0.5, 0.6) is 0 Å². The van der Waals surface area contributed by atoms with E-state index in [1.54, 1.807) is 24.3 Å². The molecule has 5 heteroatoms. The number of hydrogen-bond donors (Lipinski definition) is 0. The van der Waals surface area contributed by atoms with Gasteiger partial charge in [-0.1, -0.05) is 11.6 Å². The molecule has 17 heavy (non-hydrogen) atoms. The number of halogens is 1. The number of carbonyl (C=O) groups is 1. The van der Waals surface area contributed by atoms with E-state index in [2.05, 4.69) is 0 Å². The van der Waals surface area contributed by atoms with Crippen molar-refractivity contribution in [1.29, 1.82) is 0 Å². The maximum Gasteiger partial charge on any atom is 0.151 e. The fourth-order valence-electron chi connectivity index (χ4n) is 1.71. The van der Waals surface area contributed by atoms with Crippen LogP contribution in [-0.4, -0.2) is 29.0 Å². The minimum atomic E-state index is -1.28. The molecule has 92 valence electrons. The van der Waals surface area contributed by atoms with Gasteiger partial charge in [0.25, 0.3) is 0 Å². The quantitative estimate of drug-likeness (QED) is 0.843. The minimum Gasteiger partial charge on any atom is -0.381 e. The van der Waals surface area contributed by atoms with Crippen LogP contribution in [0.2, 0.25) is 5.02 Å². The van der Waals surface area contributed by atoms with Crippen molar-refractivity contribution in [3.63, 3.8) is 0 Å². The van der Waals surface area contributed by atoms with E-state index in [1.807, 2.05) is 0 Å². The molecule has 0 aliphatic carbocycles. The Labute approximate surface area is 108 Å². The van der Waals surface area contributed by atoms with E-state index in [9.17, 15) is 9.00 Å². The fourth-order valence-corrected chi connectivity index (χ4v) is 2.93. The van der Waals surface area contributed by atoms with Crippen molar-refractivity contribution < 1.29 is 13.7 Å². The monoisotopic (exact) mass is 272 g/mol. The van der Waals surface area contributed by atoms with Crippen molar-refractivity contribution >= 4 is 28.2 Å². The largest absolute Gasteiger partial charge is 0.381 e. The first kappa shape index (κ1) is 12.7. The van der Waals surface area contributed by atoms with E-state index < -0.39 is 10.8 Å². The van der Waals surface area contributed by atoms with Gasteiger partial charge in [0.05, 0.1) is 23.2 Å². The van der Waals surface area contributed by atoms with Crippen molar-refractivity contribution in [2.24, 2.45) is 5.92 Å². The van der Waals surface area contributed by atoms with E-state index in [0.29, 0.717) is 23.1 Å². The number of ether oxygens (including phenoxy) is 1. The van der Waals surface area contributed by atoms with Crippen molar-refractivity contribution in [2.45, 2.75) is 11.3 Å². The highest BCUT2D eigenvalue weighted by molar-refractivity contribution is 7.85. The van der Waals surface area contributed by atoms with Crippen LogP contribution >= 0.6 is 11.6 Å². The predicted octanol–water partition coefficient (Wildman–Crippen LogP) is 2.05. The molecule has 0 saturated carbocycles. The summed E-state index contributed by atoms with van der Waals surface area (Å²) in [5, 5.41) is 0.598. The second-order valence-electron chi connectivity index (χ2n) is 3.97. The van der Waals surface area contributed by atoms with Crippen molar-refractivity contribution in [1.82, 2.24) is 0 Å². The van der Waals surface area contributed by atoms with Gasteiger partial charge in [0, 0.05) is 22.4 Å². The molecule has 1 fully saturated rings. The molecule has 1 heterocycles. The summed E-state index contributed by atoms with van der Waals surface area (Å²) in [5.41, 5.74) is 0. The second-order valence-corrected chi connectivity index (χ2v) is 5.86. The first-order valence-electron chi connectivity index (χ1n) is 5.41. The van der Waals surface area contributed by atoms with Gasteiger partial charge < -0.3 is 4.74 Å². The average molecular weight is 273 g/mol. The normalized spacial score (nSPS) is 21.4. The van der Waals surface area contributed by atoms with Crippen LogP contribution in [0, 0.1) is 5.92 Å². The standard InChI is InChI=1S/C12H13ClO3S/c13-10-1-3-11(4-2-10)17(15)8-12(14)9-5-6-16-7-9/h1-4,9H,5-8H2. The van der Waals surface area contributed by atoms with Crippen LogP contribution in [0.4, 0.5) is 0 Å². The molecule has 0 bridgehead atoms. The van der Waals surface area contributed by atoms with Crippen LogP contribution in [-0.2, 0) is 20.3 Å². The summed E-state index contributed by atoms with van der Waals surface area (Å²) in [6.07, 6.45) is 0.747. The van der Waals surface area contributed by atoms with Gasteiger partial charge in [0.1, 0.15) is 0 Å². The first-order valence-corrected chi connectivity index (χ1v) is 7.11. The Balaban J connectivity index is 1.96. The number of rotatable bonds is 4. The molecular weight excluding hydrogens is 260 g/mol. The Bertz CT molecular complexity index is 424. The summed E-state index contributed by atoms with van der Waals surface area (Å²) in [6, 6.07) is 6.74. The van der Waals surface area contributed by atoms with Gasteiger partial charge in [-0.25, -0.2) is 0 Å². The Morgan fingerprint density at radius 3 is 2.71 bits per heavy atom. The molecule has 1 aliphatic heterocycles. The van der Waals surface area contributed by atoms with Crippen LogP contribution < -0.4 is 0 Å². The summed E-state index contributed by atoms with van der Waals surface area (Å²) in [6.45, 7) is 1.10. The molecule has 2 atom stereocenters. The van der Waals surface area contributed by atoms with Crippen molar-refractivity contribution in [2.75, 3.05) is 19.0 Å². The molecule has 1 aromatic rings. The van der Waals surface area contributed by atoms with Gasteiger partial charge in [0.15, 0.2) is 5.78 Å². The van der Waals surface area contributed by atoms with E-state index in [1.165, 1.54) is 0 Å². The van der Waals surface area contributed by atoms with Gasteiger partial charge >= 0.3 is 0 Å². The Morgan fingerprint density at radius 1 is 1.41 bits per heavy atom. The zero-order valence-corrected chi connectivity index (χ0v) is 10.8. The van der Waals surface area contributed by atoms with Crippen LogP contribution in [0.25, 0.3) is 0 Å². The third-order valence-corrected chi connectivity index (χ3v) is 4.33. The SMILES string of the molecule is O=C(CS(=O)c1ccc(Cl)cc1)C1CCOC1. The lowest BCUT2D eigenvalue weighted by Crippen LogP contribution is -2.21. The van der Waals surface area contributed by atoms with Gasteiger partial charge in [-0.15, -0.1) is 0 Å². The molecule has 0 amide bonds. The lowest BCUT2D eigenvalue weighted by molar-refractivity contribution is -0.120. The molecule has 2 unspecified atom stereocenters. The molecule has 0 spiro atoms. The zero-order valence-electron chi connectivity index (χ0n) is 9.23. The Kier molecular flexibility index (Phi) is 4.31. The van der Waals surface area contributed by atoms with E-state index >= 15 is 0 Å². The molecule has 2 rings (SSSR count). The van der Waals surface area contributed by atoms with E-state index in [4.69, 9.17) is 16.3 Å². The lowest BCUT2D eigenvalue weighted by Gasteiger charge is -2.06. The molecule has 1 aliphatic rings. The second kappa shape index (κ2) is 5.76. The molecular formula is C12H13ClO3S. The minimum absolute atomic E-state index is 0.0239. The van der Waals surface area contributed by atoms with Crippen LogP contribution in [0.3, 0.4) is 0 Å². The molecule has 0 aromatic heterocycles. The average Bonchev–Trinajstić information content (AvgIpc) is 2.83. The van der Waals surface area contributed by atoms with Crippen LogP contribution in [0.1, 0.15) is 6.42 Å². The predicted molar refractivity (Wildman–Crippen MR) is 66.7 cm³/mol. The third-order valence-electron chi connectivity index (χ3n) is 2.73. The zero-order chi connectivity index (χ0) is 12.3. The first-order chi connectivity index (χ1) is 8.16. The number of Topliss-reactive ketones (excluding diaryl/α,β-unsaturated/α-hetero) is 1. The maximum atomic E-state index is 11.9. The highest BCUT2D eigenvalue weighted by Crippen LogP contribution is 2.17. The molecule has 1 aromatic carbocycles. The smallest absolute Gasteiger partial charge is 0.151 e. The summed E-state index contributed by atoms with van der Waals surface area (Å²) in [7, 11) is -1.28. The number of benzene rings is 1. The summed E-state index contributed by atoms with van der Waals surface area (Å²) >= 11 is 5.74. The van der Waals surface area contributed by atoms with E-state index in [0.717, 1.165) is 6.42 Å². The molecule has 0 N–H and O–H groups in total. The summed E-state index contributed by atoms with van der Waals surface area (Å²) in [5.74, 6) is 0.0115. The number of ketones is 1. The van der Waals surface area contributed by atoms with E-state index in [-0.39, 0.29) is 17.5 Å². The molecule has 0 radical (unpaired) electrons. The third kappa shape index (κ3) is 3.37. The Morgan fingerprint density at radius 2 is 2.12 bits per heavy atom. The highest BCUT2D eigenvalue weighted by atomic mass is 35.5. The number of carbonyl (C=O) groups excluding carboxylic acids is 1. The maximum absolute atomic E-state index is 11.9. The highest BCUT2D eigenvalue weighted by Gasteiger charge is 2.24. The van der Waals surface area contributed by atoms with Gasteiger partial charge in [-0.2, -0.15) is 0 Å². The lowest BCUT2D eigenvalue weighted by atomic mass is 10.1. The topological polar surface area (TPSA) is 43.4 Å². The molecule has 1 saturated heterocycles. The van der Waals surface area contributed by atoms with Crippen LogP contribution in [0.15, 0.2) is 29.2 Å². The van der Waals surface area contributed by atoms with Gasteiger partial charge in [-0.3, -0.25) is 9.00 Å². The van der Waals surface area contributed by atoms with Crippen molar-refractivity contribution in [3.05, 3.63) is 29.3 Å². The van der Waals surface area contributed by atoms with Gasteiger partial charge in [0.2, 0.25) is 0 Å². The van der Waals surface area contributed by atoms with Gasteiger partial charge in [-0.05, 0) is 30.7 Å². The summed E-state index contributed by atoms with van der Waals surface area (Å²) < 4.78 is 17.1. The fraction of sp³-hybridized carbons (Fsp3) is 0.417.